The van der Waals surface area contributed by atoms with Gasteiger partial charge in [-0.05, 0) is 30.5 Å². The minimum atomic E-state index is -1.05. The van der Waals surface area contributed by atoms with Crippen molar-refractivity contribution in [3.63, 3.8) is 0 Å². The first kappa shape index (κ1) is 18.5. The summed E-state index contributed by atoms with van der Waals surface area (Å²) < 4.78 is 14.3. The lowest BCUT2D eigenvalue weighted by molar-refractivity contribution is -0.149. The van der Waals surface area contributed by atoms with Gasteiger partial charge in [-0.15, -0.1) is 0 Å². The molecule has 2 N–H and O–H groups in total. The average molecular weight is 345 g/mol. The number of aromatic nitrogens is 2. The van der Waals surface area contributed by atoms with Crippen molar-refractivity contribution in [1.82, 2.24) is 15.3 Å². The summed E-state index contributed by atoms with van der Waals surface area (Å²) in [5.41, 5.74) is 0.00643. The second-order valence-electron chi connectivity index (χ2n) is 5.80. The lowest BCUT2D eigenvalue weighted by Crippen LogP contribution is -2.42. The Morgan fingerprint density at radius 2 is 1.80 bits per heavy atom. The van der Waals surface area contributed by atoms with Crippen LogP contribution in [0.1, 0.15) is 37.0 Å². The Morgan fingerprint density at radius 3 is 2.32 bits per heavy atom. The van der Waals surface area contributed by atoms with Gasteiger partial charge in [0.1, 0.15) is 12.1 Å². The number of carboxylic acids is 1. The van der Waals surface area contributed by atoms with Crippen LogP contribution in [0.3, 0.4) is 0 Å². The molecule has 0 aliphatic rings. The number of carboxylic acid groups (broad SMARTS) is 1. The Balaban J connectivity index is 2.16. The van der Waals surface area contributed by atoms with Crippen LogP contribution in [-0.4, -0.2) is 33.5 Å². The summed E-state index contributed by atoms with van der Waals surface area (Å²) >= 11 is 0. The molecule has 1 aromatic heterocycles. The molecule has 0 aliphatic heterocycles. The van der Waals surface area contributed by atoms with Crippen LogP contribution in [0.25, 0.3) is 11.1 Å². The van der Waals surface area contributed by atoms with Crippen molar-refractivity contribution in [3.05, 3.63) is 48.3 Å². The fraction of sp³-hybridized carbons (Fsp3) is 0.333. The fourth-order valence-electron chi connectivity index (χ4n) is 2.55. The molecule has 0 unspecified atom stereocenters. The summed E-state index contributed by atoms with van der Waals surface area (Å²) in [6, 6.07) is 4.20. The largest absolute Gasteiger partial charge is 0.481 e. The smallest absolute Gasteiger partial charge is 0.311 e. The van der Waals surface area contributed by atoms with Gasteiger partial charge in [-0.3, -0.25) is 9.59 Å². The van der Waals surface area contributed by atoms with Crippen LogP contribution in [-0.2, 0) is 4.79 Å². The summed E-state index contributed by atoms with van der Waals surface area (Å²) in [6.45, 7) is 3.45. The lowest BCUT2D eigenvalue weighted by atomic mass is 9.82. The summed E-state index contributed by atoms with van der Waals surface area (Å²) in [5.74, 6) is -2.30. The van der Waals surface area contributed by atoms with E-state index in [0.717, 1.165) is 0 Å². The molecule has 132 valence electrons. The molecule has 2 rings (SSSR count). The number of carbonyl (C=O) groups is 2. The van der Waals surface area contributed by atoms with E-state index < -0.39 is 23.1 Å². The van der Waals surface area contributed by atoms with Crippen LogP contribution >= 0.6 is 0 Å². The molecular weight excluding hydrogens is 325 g/mol. The first-order valence-corrected chi connectivity index (χ1v) is 8.00. The van der Waals surface area contributed by atoms with E-state index in [9.17, 15) is 19.1 Å². The van der Waals surface area contributed by atoms with E-state index in [1.54, 1.807) is 32.3 Å². The predicted molar refractivity (Wildman–Crippen MR) is 90.4 cm³/mol. The van der Waals surface area contributed by atoms with Crippen molar-refractivity contribution in [3.8, 4) is 11.1 Å². The van der Waals surface area contributed by atoms with Crippen LogP contribution in [0, 0.1) is 11.2 Å². The maximum Gasteiger partial charge on any atom is 0.311 e. The van der Waals surface area contributed by atoms with E-state index >= 15 is 0 Å². The standard InChI is InChI=1S/C18H20FN3O3/c1-3-18(4-2,17(24)25)10-22-16(23)14-6-5-12(7-15(14)19)13-8-20-11-21-9-13/h5-9,11H,3-4,10H2,1-2H3,(H,22,23)(H,24,25). The van der Waals surface area contributed by atoms with Crippen LogP contribution in [0.15, 0.2) is 36.9 Å². The zero-order valence-corrected chi connectivity index (χ0v) is 14.1. The number of hydrogen-bond acceptors (Lipinski definition) is 4. The Labute approximate surface area is 145 Å². The molecule has 0 fully saturated rings. The molecule has 0 radical (unpaired) electrons. The van der Waals surface area contributed by atoms with Crippen LogP contribution in [0.4, 0.5) is 4.39 Å². The van der Waals surface area contributed by atoms with Gasteiger partial charge in [0.2, 0.25) is 0 Å². The van der Waals surface area contributed by atoms with Crippen molar-refractivity contribution in [2.75, 3.05) is 6.54 Å². The fourth-order valence-corrected chi connectivity index (χ4v) is 2.55. The molecule has 0 spiro atoms. The van der Waals surface area contributed by atoms with E-state index in [1.165, 1.54) is 18.5 Å². The monoisotopic (exact) mass is 345 g/mol. The topological polar surface area (TPSA) is 92.2 Å². The summed E-state index contributed by atoms with van der Waals surface area (Å²) in [5, 5.41) is 11.9. The number of hydrogen-bond donors (Lipinski definition) is 2. The highest BCUT2D eigenvalue weighted by Crippen LogP contribution is 2.26. The van der Waals surface area contributed by atoms with Gasteiger partial charge in [0.25, 0.3) is 5.91 Å². The first-order valence-electron chi connectivity index (χ1n) is 8.00. The highest BCUT2D eigenvalue weighted by Gasteiger charge is 2.35. The number of benzene rings is 1. The molecule has 6 nitrogen and oxygen atoms in total. The SMILES string of the molecule is CCC(CC)(CNC(=O)c1ccc(-c2cncnc2)cc1F)C(=O)O. The molecule has 1 amide bonds. The molecule has 0 saturated carbocycles. The van der Waals surface area contributed by atoms with Gasteiger partial charge >= 0.3 is 5.97 Å². The van der Waals surface area contributed by atoms with Gasteiger partial charge in [0.05, 0.1) is 11.0 Å². The van der Waals surface area contributed by atoms with Crippen molar-refractivity contribution >= 4 is 11.9 Å². The Kier molecular flexibility index (Phi) is 5.80. The van der Waals surface area contributed by atoms with Gasteiger partial charge in [-0.1, -0.05) is 19.9 Å². The van der Waals surface area contributed by atoms with E-state index in [2.05, 4.69) is 15.3 Å². The van der Waals surface area contributed by atoms with Gasteiger partial charge in [0, 0.05) is 24.5 Å². The first-order chi connectivity index (χ1) is 11.9. The molecule has 1 heterocycles. The molecule has 2 aromatic rings. The third-order valence-electron chi connectivity index (χ3n) is 4.50. The molecule has 0 saturated heterocycles. The molecule has 25 heavy (non-hydrogen) atoms. The lowest BCUT2D eigenvalue weighted by Gasteiger charge is -2.26. The molecule has 0 bridgehead atoms. The zero-order chi connectivity index (χ0) is 18.4. The average Bonchev–Trinajstić information content (AvgIpc) is 2.63. The molecule has 1 aromatic carbocycles. The van der Waals surface area contributed by atoms with Gasteiger partial charge < -0.3 is 10.4 Å². The number of nitrogens with zero attached hydrogens (tertiary/aromatic N) is 2. The molecule has 7 heteroatoms. The van der Waals surface area contributed by atoms with Crippen molar-refractivity contribution in [2.45, 2.75) is 26.7 Å². The molecular formula is C18H20FN3O3. The minimum absolute atomic E-state index is 0.0537. The number of nitrogens with one attached hydrogen (secondary N) is 1. The highest BCUT2D eigenvalue weighted by atomic mass is 19.1. The van der Waals surface area contributed by atoms with Crippen molar-refractivity contribution < 1.29 is 19.1 Å². The Bertz CT molecular complexity index is 761. The number of aliphatic carboxylic acids is 1. The van der Waals surface area contributed by atoms with Gasteiger partial charge in [-0.25, -0.2) is 14.4 Å². The summed E-state index contributed by atoms with van der Waals surface area (Å²) in [4.78, 5) is 31.5. The maximum atomic E-state index is 14.3. The molecule has 0 atom stereocenters. The van der Waals surface area contributed by atoms with E-state index in [0.29, 0.717) is 24.0 Å². The van der Waals surface area contributed by atoms with Crippen LogP contribution in [0.2, 0.25) is 0 Å². The highest BCUT2D eigenvalue weighted by molar-refractivity contribution is 5.95. The summed E-state index contributed by atoms with van der Waals surface area (Å²) in [7, 11) is 0. The number of amides is 1. The second-order valence-corrected chi connectivity index (χ2v) is 5.80. The van der Waals surface area contributed by atoms with Crippen LogP contribution < -0.4 is 5.32 Å². The quantitative estimate of drug-likeness (QED) is 0.805. The Hall–Kier alpha value is -2.83. The summed E-state index contributed by atoms with van der Waals surface area (Å²) in [6.07, 6.45) is 5.21. The van der Waals surface area contributed by atoms with Gasteiger partial charge in [-0.2, -0.15) is 0 Å². The molecule has 0 aliphatic carbocycles. The van der Waals surface area contributed by atoms with E-state index in [1.807, 2.05) is 0 Å². The third-order valence-corrected chi connectivity index (χ3v) is 4.50. The zero-order valence-electron chi connectivity index (χ0n) is 14.1. The minimum Gasteiger partial charge on any atom is -0.481 e. The number of halogens is 1. The third kappa shape index (κ3) is 3.99. The number of rotatable bonds is 7. The second kappa shape index (κ2) is 7.83. The Morgan fingerprint density at radius 1 is 1.16 bits per heavy atom. The maximum absolute atomic E-state index is 14.3. The van der Waals surface area contributed by atoms with E-state index in [4.69, 9.17) is 0 Å². The van der Waals surface area contributed by atoms with Crippen LogP contribution in [0.5, 0.6) is 0 Å². The van der Waals surface area contributed by atoms with E-state index in [-0.39, 0.29) is 12.1 Å². The van der Waals surface area contributed by atoms with Gasteiger partial charge in [0.15, 0.2) is 0 Å². The van der Waals surface area contributed by atoms with Crippen molar-refractivity contribution in [2.24, 2.45) is 5.41 Å². The predicted octanol–water partition coefficient (Wildman–Crippen LogP) is 2.90. The normalized spacial score (nSPS) is 11.2. The van der Waals surface area contributed by atoms with Crippen molar-refractivity contribution in [1.29, 1.82) is 0 Å². The number of carbonyl (C=O) groups excluding carboxylic acids is 1.